The number of halogens is 1. The minimum Gasteiger partial charge on any atom is -0.480 e. The van der Waals surface area contributed by atoms with Crippen LogP contribution in [0.15, 0.2) is 24.4 Å². The average Bonchev–Trinajstić information content (AvgIpc) is 2.95. The minimum absolute atomic E-state index is 0.0473. The van der Waals surface area contributed by atoms with Crippen LogP contribution in [0.25, 0.3) is 0 Å². The van der Waals surface area contributed by atoms with Crippen LogP contribution in [-0.4, -0.2) is 52.1 Å². The number of hydrogen-bond acceptors (Lipinski definition) is 5. The van der Waals surface area contributed by atoms with Crippen molar-refractivity contribution in [3.8, 4) is 0 Å². The van der Waals surface area contributed by atoms with Gasteiger partial charge in [-0.1, -0.05) is 5.21 Å². The average molecular weight is 319 g/mol. The predicted octanol–water partition coefficient (Wildman–Crippen LogP) is 0.598. The van der Waals surface area contributed by atoms with E-state index in [-0.39, 0.29) is 18.1 Å². The molecule has 0 unspecified atom stereocenters. The van der Waals surface area contributed by atoms with E-state index in [2.05, 4.69) is 10.3 Å². The molecule has 0 saturated heterocycles. The number of amides is 1. The molecule has 0 saturated carbocycles. The lowest BCUT2D eigenvalue weighted by atomic mass is 10.1. The zero-order chi connectivity index (χ0) is 16.6. The fraction of sp³-hybridized carbons (Fsp3) is 0.286. The van der Waals surface area contributed by atoms with E-state index in [0.29, 0.717) is 24.5 Å². The van der Waals surface area contributed by atoms with Crippen LogP contribution < -0.4 is 9.80 Å². The molecule has 0 spiro atoms. The maximum absolute atomic E-state index is 13.4. The number of carboxylic acid groups (broad SMARTS) is 1. The number of nitrogens with zero attached hydrogens (tertiary/aromatic N) is 5. The van der Waals surface area contributed by atoms with E-state index in [1.807, 2.05) is 11.9 Å². The number of fused-ring (bicyclic) bond motifs is 1. The zero-order valence-corrected chi connectivity index (χ0v) is 12.3. The number of benzene rings is 1. The molecule has 1 aromatic carbocycles. The number of carboxylic acids is 1. The van der Waals surface area contributed by atoms with Crippen LogP contribution in [0.4, 0.5) is 15.8 Å². The van der Waals surface area contributed by atoms with Gasteiger partial charge in [-0.05, 0) is 18.2 Å². The van der Waals surface area contributed by atoms with Crippen molar-refractivity contribution >= 4 is 23.3 Å². The Morgan fingerprint density at radius 3 is 2.83 bits per heavy atom. The van der Waals surface area contributed by atoms with Crippen molar-refractivity contribution in [2.45, 2.75) is 6.54 Å². The van der Waals surface area contributed by atoms with Gasteiger partial charge in [-0.25, -0.2) is 9.07 Å². The van der Waals surface area contributed by atoms with Crippen LogP contribution in [0.3, 0.4) is 0 Å². The van der Waals surface area contributed by atoms with E-state index in [1.165, 1.54) is 23.2 Å². The van der Waals surface area contributed by atoms with Gasteiger partial charge in [0, 0.05) is 20.1 Å². The molecule has 1 aliphatic heterocycles. The van der Waals surface area contributed by atoms with Gasteiger partial charge in [0.25, 0.3) is 5.91 Å². The SMILES string of the molecule is CN1CCN(C(=O)c2cn(CC(=O)O)nn2)c2ccc(F)cc21. The fourth-order valence-electron chi connectivity index (χ4n) is 2.48. The normalized spacial score (nSPS) is 13.8. The Kier molecular flexibility index (Phi) is 3.68. The van der Waals surface area contributed by atoms with Gasteiger partial charge in [0.05, 0.1) is 17.6 Å². The first kappa shape index (κ1) is 14.9. The molecule has 1 N–H and O–H groups in total. The maximum Gasteiger partial charge on any atom is 0.325 e. The quantitative estimate of drug-likeness (QED) is 0.891. The van der Waals surface area contributed by atoms with E-state index in [0.717, 1.165) is 4.68 Å². The molecule has 2 aromatic rings. The van der Waals surface area contributed by atoms with E-state index in [4.69, 9.17) is 5.11 Å². The third-order valence-electron chi connectivity index (χ3n) is 3.60. The lowest BCUT2D eigenvalue weighted by Gasteiger charge is -2.35. The van der Waals surface area contributed by atoms with Gasteiger partial charge in [0.1, 0.15) is 12.4 Å². The summed E-state index contributed by atoms with van der Waals surface area (Å²) in [6, 6.07) is 4.20. The Morgan fingerprint density at radius 1 is 1.30 bits per heavy atom. The van der Waals surface area contributed by atoms with Crippen LogP contribution in [0.1, 0.15) is 10.5 Å². The topological polar surface area (TPSA) is 91.6 Å². The summed E-state index contributed by atoms with van der Waals surface area (Å²) in [5.41, 5.74) is 1.24. The molecule has 0 bridgehead atoms. The van der Waals surface area contributed by atoms with Gasteiger partial charge in [0.2, 0.25) is 0 Å². The highest BCUT2D eigenvalue weighted by molar-refractivity contribution is 6.07. The Morgan fingerprint density at radius 2 is 2.09 bits per heavy atom. The lowest BCUT2D eigenvalue weighted by Crippen LogP contribution is -2.42. The second-order valence-corrected chi connectivity index (χ2v) is 5.21. The highest BCUT2D eigenvalue weighted by Gasteiger charge is 2.28. The standard InChI is InChI=1S/C14H14FN5O3/c1-18-4-5-20(11-3-2-9(15)6-12(11)18)14(23)10-7-19(17-16-10)8-13(21)22/h2-3,6-7H,4-5,8H2,1H3,(H,21,22). The largest absolute Gasteiger partial charge is 0.480 e. The summed E-state index contributed by atoms with van der Waals surface area (Å²) in [6.45, 7) is 0.593. The molecule has 9 heteroatoms. The van der Waals surface area contributed by atoms with E-state index in [9.17, 15) is 14.0 Å². The van der Waals surface area contributed by atoms with Crippen LogP contribution in [0.2, 0.25) is 0 Å². The van der Waals surface area contributed by atoms with Crippen molar-refractivity contribution in [3.05, 3.63) is 35.9 Å². The number of aliphatic carboxylic acids is 1. The Balaban J connectivity index is 1.90. The molecular formula is C14H14FN5O3. The first-order chi connectivity index (χ1) is 11.0. The van der Waals surface area contributed by atoms with Crippen LogP contribution >= 0.6 is 0 Å². The summed E-state index contributed by atoms with van der Waals surface area (Å²) in [7, 11) is 1.82. The van der Waals surface area contributed by atoms with Gasteiger partial charge < -0.3 is 14.9 Å². The molecule has 3 rings (SSSR count). The molecule has 1 aliphatic rings. The number of carbonyl (C=O) groups excluding carboxylic acids is 1. The number of anilines is 2. The first-order valence-corrected chi connectivity index (χ1v) is 6.90. The van der Waals surface area contributed by atoms with E-state index in [1.54, 1.807) is 6.07 Å². The highest BCUT2D eigenvalue weighted by atomic mass is 19.1. The highest BCUT2D eigenvalue weighted by Crippen LogP contribution is 2.33. The molecule has 8 nitrogen and oxygen atoms in total. The molecule has 1 amide bonds. The molecule has 0 aliphatic carbocycles. The number of likely N-dealkylation sites (N-methyl/N-ethyl adjacent to an activating group) is 1. The second kappa shape index (κ2) is 5.67. The third-order valence-corrected chi connectivity index (χ3v) is 3.60. The van der Waals surface area contributed by atoms with Crippen molar-refractivity contribution in [2.75, 3.05) is 29.9 Å². The van der Waals surface area contributed by atoms with Crippen LogP contribution in [0.5, 0.6) is 0 Å². The van der Waals surface area contributed by atoms with Crippen molar-refractivity contribution in [3.63, 3.8) is 0 Å². The smallest absolute Gasteiger partial charge is 0.325 e. The molecule has 120 valence electrons. The molecule has 0 fully saturated rings. The molecule has 2 heterocycles. The number of carbonyl (C=O) groups is 2. The Labute approximate surface area is 130 Å². The summed E-state index contributed by atoms with van der Waals surface area (Å²) in [4.78, 5) is 26.6. The molecular weight excluding hydrogens is 305 g/mol. The molecule has 0 atom stereocenters. The van der Waals surface area contributed by atoms with Gasteiger partial charge >= 0.3 is 5.97 Å². The zero-order valence-electron chi connectivity index (χ0n) is 12.3. The van der Waals surface area contributed by atoms with Crippen LogP contribution in [-0.2, 0) is 11.3 Å². The number of rotatable bonds is 3. The van der Waals surface area contributed by atoms with E-state index < -0.39 is 11.9 Å². The van der Waals surface area contributed by atoms with Gasteiger partial charge in [-0.15, -0.1) is 5.10 Å². The summed E-state index contributed by atoms with van der Waals surface area (Å²) in [5, 5.41) is 16.1. The van der Waals surface area contributed by atoms with Gasteiger partial charge in [-0.3, -0.25) is 9.59 Å². The predicted molar refractivity (Wildman–Crippen MR) is 79.0 cm³/mol. The summed E-state index contributed by atoms with van der Waals surface area (Å²) >= 11 is 0. The van der Waals surface area contributed by atoms with Crippen molar-refractivity contribution in [2.24, 2.45) is 0 Å². The third kappa shape index (κ3) is 2.85. The Bertz CT molecular complexity index is 776. The lowest BCUT2D eigenvalue weighted by molar-refractivity contribution is -0.137. The fourth-order valence-corrected chi connectivity index (χ4v) is 2.48. The Hall–Kier alpha value is -2.97. The molecule has 1 aromatic heterocycles. The van der Waals surface area contributed by atoms with Crippen molar-refractivity contribution < 1.29 is 19.1 Å². The number of aromatic nitrogens is 3. The summed E-state index contributed by atoms with van der Waals surface area (Å²) < 4.78 is 14.5. The monoisotopic (exact) mass is 319 g/mol. The molecule has 23 heavy (non-hydrogen) atoms. The van der Waals surface area contributed by atoms with E-state index >= 15 is 0 Å². The number of hydrogen-bond donors (Lipinski definition) is 1. The minimum atomic E-state index is -1.07. The maximum atomic E-state index is 13.4. The summed E-state index contributed by atoms with van der Waals surface area (Å²) in [5.74, 6) is -1.85. The molecule has 0 radical (unpaired) electrons. The first-order valence-electron chi connectivity index (χ1n) is 6.90. The summed E-state index contributed by atoms with van der Waals surface area (Å²) in [6.07, 6.45) is 1.29. The van der Waals surface area contributed by atoms with Gasteiger partial charge in [0.15, 0.2) is 5.69 Å². The van der Waals surface area contributed by atoms with Crippen molar-refractivity contribution in [1.29, 1.82) is 0 Å². The van der Waals surface area contributed by atoms with Crippen LogP contribution in [0, 0.1) is 5.82 Å². The second-order valence-electron chi connectivity index (χ2n) is 5.21. The van der Waals surface area contributed by atoms with Crippen molar-refractivity contribution in [1.82, 2.24) is 15.0 Å². The van der Waals surface area contributed by atoms with Gasteiger partial charge in [-0.2, -0.15) is 0 Å².